The average molecular weight is 457 g/mol. The average Bonchev–Trinajstić information content (AvgIpc) is 3.13. The Labute approximate surface area is 170 Å². The number of rotatable bonds is 4. The molecule has 3 N–H and O–H groups in total. The summed E-state index contributed by atoms with van der Waals surface area (Å²) >= 11 is 5.76. The molecule has 0 radical (unpaired) electrons. The van der Waals surface area contributed by atoms with E-state index in [1.54, 1.807) is 0 Å². The maximum absolute atomic E-state index is 12.3. The summed E-state index contributed by atoms with van der Waals surface area (Å²) in [4.78, 5) is 21.3. The first-order valence-electron chi connectivity index (χ1n) is 8.69. The largest absolute Gasteiger partial charge is 0.490 e. The van der Waals surface area contributed by atoms with Crippen LogP contribution in [-0.2, 0) is 19.4 Å². The molecule has 2 fully saturated rings. The minimum Gasteiger partial charge on any atom is -0.475 e. The van der Waals surface area contributed by atoms with Crippen molar-refractivity contribution in [1.82, 2.24) is 10.6 Å². The SMILES string of the molecule is O=C(CS(=O)(=O)c1ccc(Cl)cc1)N[C@]12CCC[C@H]1NCC2.O=C(O)C(F)(F)F. The van der Waals surface area contributed by atoms with Crippen molar-refractivity contribution in [3.63, 3.8) is 0 Å². The predicted octanol–water partition coefficient (Wildman–Crippen LogP) is 2.15. The number of halogens is 4. The fourth-order valence-corrected chi connectivity index (χ4v) is 4.82. The van der Waals surface area contributed by atoms with Crippen molar-refractivity contribution >= 4 is 33.3 Å². The highest BCUT2D eigenvalue weighted by Crippen LogP contribution is 2.36. The van der Waals surface area contributed by atoms with Gasteiger partial charge in [-0.25, -0.2) is 13.2 Å². The van der Waals surface area contributed by atoms with Gasteiger partial charge >= 0.3 is 12.1 Å². The lowest BCUT2D eigenvalue weighted by Gasteiger charge is -2.30. The van der Waals surface area contributed by atoms with Crippen molar-refractivity contribution in [2.75, 3.05) is 12.3 Å². The molecule has 3 rings (SSSR count). The number of carbonyl (C=O) groups excluding carboxylic acids is 1. The normalized spacial score (nSPS) is 23.7. The highest BCUT2D eigenvalue weighted by atomic mass is 35.5. The van der Waals surface area contributed by atoms with Gasteiger partial charge in [0.15, 0.2) is 9.84 Å². The molecule has 12 heteroatoms. The molecule has 0 aromatic heterocycles. The summed E-state index contributed by atoms with van der Waals surface area (Å²) in [5.74, 6) is -3.71. The van der Waals surface area contributed by atoms with E-state index in [1.807, 2.05) is 0 Å². The first-order valence-corrected chi connectivity index (χ1v) is 10.7. The van der Waals surface area contributed by atoms with Crippen molar-refractivity contribution < 1.29 is 36.3 Å². The second kappa shape index (κ2) is 8.88. The third kappa shape index (κ3) is 6.06. The smallest absolute Gasteiger partial charge is 0.475 e. The Hall–Kier alpha value is -1.85. The van der Waals surface area contributed by atoms with E-state index in [0.29, 0.717) is 5.02 Å². The van der Waals surface area contributed by atoms with E-state index in [9.17, 15) is 26.4 Å². The Morgan fingerprint density at radius 1 is 1.24 bits per heavy atom. The summed E-state index contributed by atoms with van der Waals surface area (Å²) in [6.07, 6.45) is -1.21. The zero-order valence-electron chi connectivity index (χ0n) is 15.1. The molecule has 1 aromatic rings. The van der Waals surface area contributed by atoms with Crippen LogP contribution in [-0.4, -0.2) is 55.5 Å². The minimum atomic E-state index is -5.08. The molecule has 7 nitrogen and oxygen atoms in total. The van der Waals surface area contributed by atoms with Crippen molar-refractivity contribution in [2.45, 2.75) is 48.3 Å². The van der Waals surface area contributed by atoms with Crippen LogP contribution in [0, 0.1) is 0 Å². The molecule has 1 saturated heterocycles. The third-order valence-electron chi connectivity index (χ3n) is 4.87. The van der Waals surface area contributed by atoms with Crippen LogP contribution in [0.15, 0.2) is 29.2 Å². The Kier molecular flexibility index (Phi) is 7.18. The molecule has 1 aromatic carbocycles. The number of hydrogen-bond acceptors (Lipinski definition) is 5. The molecule has 1 saturated carbocycles. The molecule has 1 heterocycles. The number of benzene rings is 1. The highest BCUT2D eigenvalue weighted by molar-refractivity contribution is 7.92. The summed E-state index contributed by atoms with van der Waals surface area (Å²) in [5.41, 5.74) is -0.257. The van der Waals surface area contributed by atoms with Crippen LogP contribution in [0.5, 0.6) is 0 Å². The van der Waals surface area contributed by atoms with Crippen LogP contribution in [0.2, 0.25) is 5.02 Å². The number of carboxylic acid groups (broad SMARTS) is 1. The maximum atomic E-state index is 12.3. The molecule has 2 aliphatic rings. The minimum absolute atomic E-state index is 0.122. The standard InChI is InChI=1S/C15H19ClN2O3S.C2HF3O2/c16-11-3-5-12(6-4-11)22(20,21)10-14(19)18-15-7-1-2-13(15)17-9-8-15;3-2(4,5)1(6)7/h3-6,13,17H,1-2,7-10H2,(H,18,19);(H,6,7)/t13-,15+;/m1./s1. The molecule has 1 aliphatic heterocycles. The molecule has 29 heavy (non-hydrogen) atoms. The fraction of sp³-hybridized carbons (Fsp3) is 0.529. The van der Waals surface area contributed by atoms with Gasteiger partial charge in [0.05, 0.1) is 10.4 Å². The lowest BCUT2D eigenvalue weighted by molar-refractivity contribution is -0.192. The number of amides is 1. The highest BCUT2D eigenvalue weighted by Gasteiger charge is 2.47. The first-order chi connectivity index (χ1) is 13.4. The molecule has 0 unspecified atom stereocenters. The first kappa shape index (κ1) is 23.4. The number of aliphatic carboxylic acids is 1. The van der Waals surface area contributed by atoms with Gasteiger partial charge < -0.3 is 15.7 Å². The molecule has 0 spiro atoms. The van der Waals surface area contributed by atoms with Crippen molar-refractivity contribution in [3.05, 3.63) is 29.3 Å². The second-order valence-corrected chi connectivity index (χ2v) is 9.30. The summed E-state index contributed by atoms with van der Waals surface area (Å²) in [6, 6.07) is 6.16. The van der Waals surface area contributed by atoms with Crippen LogP contribution in [0.25, 0.3) is 0 Å². The van der Waals surface area contributed by atoms with E-state index in [-0.39, 0.29) is 16.5 Å². The van der Waals surface area contributed by atoms with Crippen LogP contribution in [0.3, 0.4) is 0 Å². The van der Waals surface area contributed by atoms with E-state index in [4.69, 9.17) is 21.5 Å². The van der Waals surface area contributed by atoms with Crippen molar-refractivity contribution in [3.8, 4) is 0 Å². The van der Waals surface area contributed by atoms with Crippen LogP contribution < -0.4 is 10.6 Å². The Morgan fingerprint density at radius 2 is 1.83 bits per heavy atom. The Bertz CT molecular complexity index is 849. The van der Waals surface area contributed by atoms with E-state index in [2.05, 4.69) is 10.6 Å². The second-order valence-electron chi connectivity index (χ2n) is 6.87. The lowest BCUT2D eigenvalue weighted by Crippen LogP contribution is -2.54. The molecule has 0 bridgehead atoms. The van der Waals surface area contributed by atoms with Crippen LogP contribution in [0.4, 0.5) is 13.2 Å². The summed E-state index contributed by atoms with van der Waals surface area (Å²) in [5, 5.41) is 14.0. The monoisotopic (exact) mass is 456 g/mol. The molecule has 1 aliphatic carbocycles. The maximum Gasteiger partial charge on any atom is 0.490 e. The number of fused-ring (bicyclic) bond motifs is 1. The van der Waals surface area contributed by atoms with Gasteiger partial charge in [0.25, 0.3) is 0 Å². The predicted molar refractivity (Wildman–Crippen MR) is 98.3 cm³/mol. The van der Waals surface area contributed by atoms with E-state index in [1.165, 1.54) is 24.3 Å². The molecular weight excluding hydrogens is 437 g/mol. The van der Waals surface area contributed by atoms with E-state index in [0.717, 1.165) is 32.2 Å². The molecular formula is C17H20ClF3N2O5S. The number of hydrogen-bond donors (Lipinski definition) is 3. The lowest BCUT2D eigenvalue weighted by atomic mass is 9.93. The van der Waals surface area contributed by atoms with Gasteiger partial charge in [-0.15, -0.1) is 0 Å². The molecule has 1 amide bonds. The zero-order valence-corrected chi connectivity index (χ0v) is 16.7. The van der Waals surface area contributed by atoms with Gasteiger partial charge in [-0.2, -0.15) is 13.2 Å². The summed E-state index contributed by atoms with van der Waals surface area (Å²) in [6.45, 7) is 0.870. The van der Waals surface area contributed by atoms with Gasteiger partial charge in [-0.05, 0) is 56.5 Å². The van der Waals surface area contributed by atoms with Crippen molar-refractivity contribution in [1.29, 1.82) is 0 Å². The molecule has 162 valence electrons. The van der Waals surface area contributed by atoms with E-state index < -0.39 is 33.6 Å². The Balaban J connectivity index is 0.000000370. The van der Waals surface area contributed by atoms with Crippen LogP contribution >= 0.6 is 11.6 Å². The Morgan fingerprint density at radius 3 is 2.38 bits per heavy atom. The third-order valence-corrected chi connectivity index (χ3v) is 6.75. The van der Waals surface area contributed by atoms with Crippen LogP contribution in [0.1, 0.15) is 25.7 Å². The number of nitrogens with one attached hydrogen (secondary N) is 2. The fourth-order valence-electron chi connectivity index (χ4n) is 3.56. The quantitative estimate of drug-likeness (QED) is 0.640. The number of carbonyl (C=O) groups is 2. The van der Waals surface area contributed by atoms with Gasteiger partial charge in [0, 0.05) is 11.1 Å². The number of alkyl halides is 3. The number of sulfone groups is 1. The van der Waals surface area contributed by atoms with E-state index >= 15 is 0 Å². The summed E-state index contributed by atoms with van der Waals surface area (Å²) < 4.78 is 56.3. The zero-order chi connectivity index (χ0) is 21.9. The van der Waals surface area contributed by atoms with Gasteiger partial charge in [-0.3, -0.25) is 4.79 Å². The van der Waals surface area contributed by atoms with Gasteiger partial charge in [0.1, 0.15) is 5.75 Å². The topological polar surface area (TPSA) is 113 Å². The van der Waals surface area contributed by atoms with Gasteiger partial charge in [-0.1, -0.05) is 11.6 Å². The number of carboxylic acids is 1. The molecule has 2 atom stereocenters. The summed E-state index contributed by atoms with van der Waals surface area (Å²) in [7, 11) is -3.64. The van der Waals surface area contributed by atoms with Gasteiger partial charge in [0.2, 0.25) is 5.91 Å². The van der Waals surface area contributed by atoms with Crippen molar-refractivity contribution in [2.24, 2.45) is 0 Å².